The predicted molar refractivity (Wildman–Crippen MR) is 111 cm³/mol. The molecule has 0 saturated heterocycles. The molecule has 4 N–H and O–H groups in total. The molecule has 0 spiro atoms. The first-order valence-electron chi connectivity index (χ1n) is 9.29. The van der Waals surface area contributed by atoms with Crippen LogP contribution in [0, 0.1) is 5.92 Å². The number of nitrogens with two attached hydrogens (primary N) is 1. The molecule has 0 radical (unpaired) electrons. The smallest absolute Gasteiger partial charge is 0.224 e. The molecule has 0 aromatic carbocycles. The fourth-order valence-electron chi connectivity index (χ4n) is 3.55. The molecule has 1 unspecified atom stereocenters. The quantitative estimate of drug-likeness (QED) is 0.588. The van der Waals surface area contributed by atoms with Crippen LogP contribution in [0.3, 0.4) is 0 Å². The van der Waals surface area contributed by atoms with Crippen LogP contribution < -0.4 is 11.1 Å². The van der Waals surface area contributed by atoms with E-state index >= 15 is 0 Å². The second kappa shape index (κ2) is 9.39. The fourth-order valence-corrected chi connectivity index (χ4v) is 3.55. The minimum atomic E-state index is -0.0424. The molecule has 26 heavy (non-hydrogen) atoms. The zero-order valence-corrected chi connectivity index (χ0v) is 16.0. The fraction of sp³-hybridized carbons (Fsp3) is 0.409. The van der Waals surface area contributed by atoms with Gasteiger partial charge in [-0.05, 0) is 55.9 Å². The van der Waals surface area contributed by atoms with E-state index in [2.05, 4.69) is 48.6 Å². The lowest BCUT2D eigenvalue weighted by Gasteiger charge is -2.25. The highest BCUT2D eigenvalue weighted by molar-refractivity contribution is 5.91. The number of rotatable bonds is 9. The number of amides is 1. The Bertz CT molecular complexity index is 724. The summed E-state index contributed by atoms with van der Waals surface area (Å²) in [7, 11) is 0. The van der Waals surface area contributed by atoms with E-state index in [9.17, 15) is 4.79 Å². The van der Waals surface area contributed by atoms with Crippen LogP contribution in [-0.2, 0) is 11.2 Å². The van der Waals surface area contributed by atoms with Gasteiger partial charge in [0.2, 0.25) is 5.91 Å². The lowest BCUT2D eigenvalue weighted by molar-refractivity contribution is -0.120. The summed E-state index contributed by atoms with van der Waals surface area (Å²) in [6.07, 6.45) is 13.0. The summed E-state index contributed by atoms with van der Waals surface area (Å²) in [4.78, 5) is 16.1. The summed E-state index contributed by atoms with van der Waals surface area (Å²) in [5, 5.41) is 3.16. The highest BCUT2D eigenvalue weighted by Crippen LogP contribution is 2.30. The molecule has 1 aromatic rings. The highest BCUT2D eigenvalue weighted by atomic mass is 16.1. The van der Waals surface area contributed by atoms with Crippen molar-refractivity contribution in [2.45, 2.75) is 45.6 Å². The largest absolute Gasteiger partial charge is 0.361 e. The van der Waals surface area contributed by atoms with Crippen molar-refractivity contribution in [3.05, 3.63) is 60.0 Å². The van der Waals surface area contributed by atoms with Gasteiger partial charge in [-0.2, -0.15) is 0 Å². The van der Waals surface area contributed by atoms with E-state index in [1.54, 1.807) is 0 Å². The number of hydrogen-bond acceptors (Lipinski definition) is 2. The zero-order valence-electron chi connectivity index (χ0n) is 16.0. The van der Waals surface area contributed by atoms with Crippen LogP contribution in [0.25, 0.3) is 11.6 Å². The Morgan fingerprint density at radius 3 is 2.92 bits per heavy atom. The van der Waals surface area contributed by atoms with Gasteiger partial charge >= 0.3 is 0 Å². The molecule has 4 nitrogen and oxygen atoms in total. The Kier molecular flexibility index (Phi) is 7.22. The SMILES string of the molecule is C=CCC(C)[C@@H](NC(=O)CC1=CCC=Cc2[nH]cc(CCN)c21)C(=C)C. The van der Waals surface area contributed by atoms with Gasteiger partial charge < -0.3 is 16.0 Å². The summed E-state index contributed by atoms with van der Waals surface area (Å²) in [6, 6.07) is -0.0424. The van der Waals surface area contributed by atoms with Crippen LogP contribution in [0.4, 0.5) is 0 Å². The molecule has 140 valence electrons. The molecule has 2 atom stereocenters. The van der Waals surface area contributed by atoms with E-state index in [0.717, 1.165) is 41.7 Å². The second-order valence-corrected chi connectivity index (χ2v) is 7.08. The summed E-state index contributed by atoms with van der Waals surface area (Å²) < 4.78 is 0. The number of aromatic nitrogens is 1. The molecule has 2 rings (SSSR count). The molecule has 1 aromatic heterocycles. The van der Waals surface area contributed by atoms with E-state index in [1.165, 1.54) is 5.56 Å². The highest BCUT2D eigenvalue weighted by Gasteiger charge is 2.22. The van der Waals surface area contributed by atoms with E-state index in [1.807, 2.05) is 19.2 Å². The molecule has 0 saturated carbocycles. The first-order valence-corrected chi connectivity index (χ1v) is 9.29. The number of carbonyl (C=O) groups excluding carboxylic acids is 1. The van der Waals surface area contributed by atoms with Crippen LogP contribution in [0.5, 0.6) is 0 Å². The van der Waals surface area contributed by atoms with Crippen LogP contribution in [0.15, 0.2) is 43.2 Å². The van der Waals surface area contributed by atoms with Gasteiger partial charge in [-0.1, -0.05) is 37.3 Å². The van der Waals surface area contributed by atoms with Gasteiger partial charge in [0.25, 0.3) is 0 Å². The summed E-state index contributed by atoms with van der Waals surface area (Å²) in [5.41, 5.74) is 11.1. The molecular formula is C22H31N3O. The minimum absolute atomic E-state index is 0.0212. The third-order valence-electron chi connectivity index (χ3n) is 4.82. The van der Waals surface area contributed by atoms with Crippen molar-refractivity contribution in [3.63, 3.8) is 0 Å². The second-order valence-electron chi connectivity index (χ2n) is 7.08. The van der Waals surface area contributed by atoms with Gasteiger partial charge in [0.15, 0.2) is 0 Å². The Morgan fingerprint density at radius 1 is 1.50 bits per heavy atom. The summed E-state index contributed by atoms with van der Waals surface area (Å²) >= 11 is 0. The van der Waals surface area contributed by atoms with Crippen LogP contribution in [0.1, 0.15) is 49.9 Å². The number of nitrogens with one attached hydrogen (secondary N) is 2. The molecule has 0 bridgehead atoms. The number of H-pyrrole nitrogens is 1. The van der Waals surface area contributed by atoms with Crippen LogP contribution >= 0.6 is 0 Å². The lowest BCUT2D eigenvalue weighted by atomic mass is 9.92. The van der Waals surface area contributed by atoms with Crippen LogP contribution in [0.2, 0.25) is 0 Å². The molecule has 1 heterocycles. The van der Waals surface area contributed by atoms with Crippen molar-refractivity contribution in [1.82, 2.24) is 10.3 Å². The molecule has 1 aliphatic carbocycles. The average molecular weight is 354 g/mol. The van der Waals surface area contributed by atoms with Gasteiger partial charge in [0.05, 0.1) is 12.5 Å². The summed E-state index contributed by atoms with van der Waals surface area (Å²) in [6.45, 7) is 12.5. The van der Waals surface area contributed by atoms with Crippen molar-refractivity contribution in [2.75, 3.05) is 6.54 Å². The maximum absolute atomic E-state index is 12.8. The van der Waals surface area contributed by atoms with Crippen LogP contribution in [-0.4, -0.2) is 23.5 Å². The average Bonchev–Trinajstić information content (AvgIpc) is 2.87. The Balaban J connectivity index is 2.17. The number of carbonyl (C=O) groups is 1. The number of fused-ring (bicyclic) bond motifs is 1. The number of aromatic amines is 1. The third-order valence-corrected chi connectivity index (χ3v) is 4.82. The maximum Gasteiger partial charge on any atom is 0.224 e. The van der Waals surface area contributed by atoms with Gasteiger partial charge in [0, 0.05) is 17.5 Å². The van der Waals surface area contributed by atoms with Gasteiger partial charge in [-0.25, -0.2) is 0 Å². The predicted octanol–water partition coefficient (Wildman–Crippen LogP) is 3.98. The zero-order chi connectivity index (χ0) is 19.1. The monoisotopic (exact) mass is 353 g/mol. The molecule has 1 aliphatic rings. The Hall–Kier alpha value is -2.33. The van der Waals surface area contributed by atoms with E-state index < -0.39 is 0 Å². The number of allylic oxidation sites excluding steroid dienone is 3. The van der Waals surface area contributed by atoms with Crippen molar-refractivity contribution in [2.24, 2.45) is 11.7 Å². The lowest BCUT2D eigenvalue weighted by Crippen LogP contribution is -2.40. The van der Waals surface area contributed by atoms with Gasteiger partial charge in [0.1, 0.15) is 0 Å². The van der Waals surface area contributed by atoms with Crippen molar-refractivity contribution < 1.29 is 4.79 Å². The third kappa shape index (κ3) is 4.85. The number of hydrogen-bond donors (Lipinski definition) is 3. The minimum Gasteiger partial charge on any atom is -0.361 e. The molecule has 0 fully saturated rings. The first kappa shape index (κ1) is 20.0. The van der Waals surface area contributed by atoms with Gasteiger partial charge in [-0.15, -0.1) is 6.58 Å². The molecule has 1 amide bonds. The first-order chi connectivity index (χ1) is 12.5. The van der Waals surface area contributed by atoms with Crippen molar-refractivity contribution in [1.29, 1.82) is 0 Å². The summed E-state index contributed by atoms with van der Waals surface area (Å²) in [5.74, 6) is 0.294. The van der Waals surface area contributed by atoms with Crippen molar-refractivity contribution >= 4 is 17.6 Å². The molecular weight excluding hydrogens is 322 g/mol. The maximum atomic E-state index is 12.8. The van der Waals surface area contributed by atoms with E-state index in [0.29, 0.717) is 13.0 Å². The Morgan fingerprint density at radius 2 is 2.27 bits per heavy atom. The standard InChI is InChI=1S/C22H31N3O/c1-5-8-16(4)22(15(2)3)25-20(26)13-17-9-6-7-10-19-21(17)18(11-12-23)14-24-19/h5,7,9-10,14,16,22,24H,1-2,6,8,11-13,23H2,3-4H3,(H,25,26)/t16?,22-/m0/s1. The van der Waals surface area contributed by atoms with Gasteiger partial charge in [-0.3, -0.25) is 4.79 Å². The normalized spacial score (nSPS) is 15.4. The topological polar surface area (TPSA) is 70.9 Å². The Labute approximate surface area is 156 Å². The van der Waals surface area contributed by atoms with E-state index in [4.69, 9.17) is 5.73 Å². The molecule has 0 aliphatic heterocycles. The van der Waals surface area contributed by atoms with E-state index in [-0.39, 0.29) is 17.9 Å². The molecule has 4 heteroatoms. The van der Waals surface area contributed by atoms with Crippen molar-refractivity contribution in [3.8, 4) is 0 Å².